The molecule has 7 heteroatoms. The zero-order valence-electron chi connectivity index (χ0n) is 18.5. The lowest BCUT2D eigenvalue weighted by atomic mass is 10.1. The summed E-state index contributed by atoms with van der Waals surface area (Å²) < 4.78 is 0. The third-order valence-corrected chi connectivity index (χ3v) is 6.23. The normalized spacial score (nSPS) is 16.0. The summed E-state index contributed by atoms with van der Waals surface area (Å²) in [5.41, 5.74) is 2.63. The van der Waals surface area contributed by atoms with Crippen molar-refractivity contribution in [3.8, 4) is 0 Å². The van der Waals surface area contributed by atoms with E-state index in [1.807, 2.05) is 11.3 Å². The Bertz CT molecular complexity index is 774. The van der Waals surface area contributed by atoms with Gasteiger partial charge in [0.15, 0.2) is 5.96 Å². The molecule has 1 aromatic heterocycles. The fourth-order valence-corrected chi connectivity index (χ4v) is 4.36. The number of halogens is 1. The van der Waals surface area contributed by atoms with Crippen molar-refractivity contribution in [1.29, 1.82) is 0 Å². The molecule has 1 aliphatic heterocycles. The highest BCUT2D eigenvalue weighted by atomic mass is 127. The molecular formula is C23H36IN5S. The number of hydrogen-bond donors (Lipinski definition) is 2. The second kappa shape index (κ2) is 13.3. The Morgan fingerprint density at radius 2 is 1.77 bits per heavy atom. The van der Waals surface area contributed by atoms with Crippen LogP contribution in [0.25, 0.3) is 0 Å². The van der Waals surface area contributed by atoms with Crippen molar-refractivity contribution >= 4 is 41.3 Å². The molecule has 2 heterocycles. The van der Waals surface area contributed by atoms with Gasteiger partial charge < -0.3 is 15.5 Å². The average Bonchev–Trinajstić information content (AvgIpc) is 3.03. The summed E-state index contributed by atoms with van der Waals surface area (Å²) in [7, 11) is 2.22. The van der Waals surface area contributed by atoms with E-state index in [1.54, 1.807) is 0 Å². The van der Waals surface area contributed by atoms with Gasteiger partial charge in [-0.1, -0.05) is 24.3 Å². The molecule has 166 valence electrons. The Hall–Kier alpha value is -1.16. The summed E-state index contributed by atoms with van der Waals surface area (Å²) in [6.45, 7) is 12.4. The van der Waals surface area contributed by atoms with Gasteiger partial charge in [0.2, 0.25) is 0 Å². The van der Waals surface area contributed by atoms with E-state index in [9.17, 15) is 0 Å². The average molecular weight is 542 g/mol. The van der Waals surface area contributed by atoms with E-state index >= 15 is 0 Å². The highest BCUT2D eigenvalue weighted by Crippen LogP contribution is 2.14. The Morgan fingerprint density at radius 1 is 1.00 bits per heavy atom. The molecule has 30 heavy (non-hydrogen) atoms. The molecule has 1 aliphatic rings. The Labute approximate surface area is 203 Å². The van der Waals surface area contributed by atoms with Crippen molar-refractivity contribution in [2.75, 3.05) is 39.8 Å². The SMILES string of the molecule is CCNC(=NCc1ccc(CN2CCCN(C)CC2)cc1)NCc1ccc(C)s1.I. The molecule has 0 atom stereocenters. The van der Waals surface area contributed by atoms with Crippen LogP contribution in [0.2, 0.25) is 0 Å². The number of likely N-dealkylation sites (N-methyl/N-ethyl adjacent to an activating group) is 1. The van der Waals surface area contributed by atoms with Crippen LogP contribution in [-0.4, -0.2) is 55.5 Å². The van der Waals surface area contributed by atoms with Gasteiger partial charge in [0.05, 0.1) is 13.1 Å². The molecule has 3 rings (SSSR count). The van der Waals surface area contributed by atoms with Gasteiger partial charge in [-0.05, 0) is 63.7 Å². The number of nitrogens with one attached hydrogen (secondary N) is 2. The maximum absolute atomic E-state index is 4.75. The van der Waals surface area contributed by atoms with Gasteiger partial charge in [-0.3, -0.25) is 4.90 Å². The molecule has 2 aromatic rings. The van der Waals surface area contributed by atoms with E-state index in [2.05, 4.69) is 77.7 Å². The number of hydrogen-bond acceptors (Lipinski definition) is 4. The van der Waals surface area contributed by atoms with Crippen LogP contribution in [0, 0.1) is 6.92 Å². The lowest BCUT2D eigenvalue weighted by Crippen LogP contribution is -2.36. The van der Waals surface area contributed by atoms with Gasteiger partial charge in [-0.25, -0.2) is 4.99 Å². The molecule has 2 N–H and O–H groups in total. The standard InChI is InChI=1S/C23H35N5S.HI/c1-4-24-23(26-17-22-11-6-19(2)29-22)25-16-20-7-9-21(10-8-20)18-28-13-5-12-27(3)14-15-28;/h6-11H,4-5,12-18H2,1-3H3,(H2,24,25,26);1H. The molecule has 0 amide bonds. The molecule has 1 saturated heterocycles. The first-order chi connectivity index (χ1) is 14.1. The molecule has 1 aromatic carbocycles. The van der Waals surface area contributed by atoms with Crippen LogP contribution >= 0.6 is 35.3 Å². The number of thiophene rings is 1. The van der Waals surface area contributed by atoms with Gasteiger partial charge in [0.1, 0.15) is 0 Å². The minimum Gasteiger partial charge on any atom is -0.357 e. The van der Waals surface area contributed by atoms with Crippen LogP contribution in [0.5, 0.6) is 0 Å². The number of aliphatic imine (C=N–C) groups is 1. The fourth-order valence-electron chi connectivity index (χ4n) is 3.53. The molecule has 5 nitrogen and oxygen atoms in total. The first kappa shape index (κ1) is 25.1. The number of guanidine groups is 1. The van der Waals surface area contributed by atoms with Crippen LogP contribution in [0.3, 0.4) is 0 Å². The van der Waals surface area contributed by atoms with Crippen molar-refractivity contribution in [3.63, 3.8) is 0 Å². The highest BCUT2D eigenvalue weighted by molar-refractivity contribution is 14.0. The van der Waals surface area contributed by atoms with Crippen LogP contribution in [0.15, 0.2) is 41.4 Å². The highest BCUT2D eigenvalue weighted by Gasteiger charge is 2.12. The third kappa shape index (κ3) is 8.53. The topological polar surface area (TPSA) is 42.9 Å². The summed E-state index contributed by atoms with van der Waals surface area (Å²) in [6, 6.07) is 13.3. The fraction of sp³-hybridized carbons (Fsp3) is 0.522. The summed E-state index contributed by atoms with van der Waals surface area (Å²) in [5.74, 6) is 0.872. The molecule has 0 spiro atoms. The molecule has 0 radical (unpaired) electrons. The lowest BCUT2D eigenvalue weighted by molar-refractivity contribution is 0.269. The minimum atomic E-state index is 0. The van der Waals surface area contributed by atoms with E-state index in [-0.39, 0.29) is 24.0 Å². The maximum atomic E-state index is 4.75. The predicted octanol–water partition coefficient (Wildman–Crippen LogP) is 4.07. The van der Waals surface area contributed by atoms with Crippen LogP contribution in [-0.2, 0) is 19.6 Å². The summed E-state index contributed by atoms with van der Waals surface area (Å²) in [6.07, 6.45) is 1.26. The number of aryl methyl sites for hydroxylation is 1. The van der Waals surface area contributed by atoms with Gasteiger partial charge in [0, 0.05) is 35.9 Å². The van der Waals surface area contributed by atoms with Crippen molar-refractivity contribution in [1.82, 2.24) is 20.4 Å². The van der Waals surface area contributed by atoms with Crippen LogP contribution < -0.4 is 10.6 Å². The number of rotatable bonds is 7. The maximum Gasteiger partial charge on any atom is 0.191 e. The van der Waals surface area contributed by atoms with Gasteiger partial charge in [0.25, 0.3) is 0 Å². The smallest absolute Gasteiger partial charge is 0.191 e. The quantitative estimate of drug-likeness (QED) is 0.315. The summed E-state index contributed by atoms with van der Waals surface area (Å²) in [5, 5.41) is 6.77. The predicted molar refractivity (Wildman–Crippen MR) is 140 cm³/mol. The minimum absolute atomic E-state index is 0. The van der Waals surface area contributed by atoms with Crippen LogP contribution in [0.4, 0.5) is 0 Å². The second-order valence-corrected chi connectivity index (χ2v) is 9.18. The second-order valence-electron chi connectivity index (χ2n) is 7.81. The Morgan fingerprint density at radius 3 is 2.47 bits per heavy atom. The van der Waals surface area contributed by atoms with E-state index in [1.165, 1.54) is 40.4 Å². The molecule has 0 unspecified atom stereocenters. The van der Waals surface area contributed by atoms with Gasteiger partial charge in [-0.2, -0.15) is 0 Å². The van der Waals surface area contributed by atoms with Crippen molar-refractivity contribution in [2.45, 2.75) is 39.9 Å². The zero-order valence-corrected chi connectivity index (χ0v) is 21.6. The van der Waals surface area contributed by atoms with E-state index in [0.717, 1.165) is 38.7 Å². The van der Waals surface area contributed by atoms with Crippen molar-refractivity contribution in [2.24, 2.45) is 4.99 Å². The third-order valence-electron chi connectivity index (χ3n) is 5.23. The molecule has 1 fully saturated rings. The summed E-state index contributed by atoms with van der Waals surface area (Å²) >= 11 is 1.83. The Balaban J connectivity index is 0.00000320. The van der Waals surface area contributed by atoms with Crippen molar-refractivity contribution < 1.29 is 0 Å². The first-order valence-electron chi connectivity index (χ1n) is 10.7. The monoisotopic (exact) mass is 541 g/mol. The Kier molecular flexibility index (Phi) is 11.1. The number of nitrogens with zero attached hydrogens (tertiary/aromatic N) is 3. The molecule has 0 saturated carbocycles. The van der Waals surface area contributed by atoms with Gasteiger partial charge in [-0.15, -0.1) is 35.3 Å². The van der Waals surface area contributed by atoms with Crippen molar-refractivity contribution in [3.05, 3.63) is 57.3 Å². The zero-order chi connectivity index (χ0) is 20.5. The molecule has 0 aliphatic carbocycles. The molecule has 0 bridgehead atoms. The van der Waals surface area contributed by atoms with Gasteiger partial charge >= 0.3 is 0 Å². The van der Waals surface area contributed by atoms with Crippen LogP contribution in [0.1, 0.15) is 34.2 Å². The lowest BCUT2D eigenvalue weighted by Gasteiger charge is -2.20. The molecular weight excluding hydrogens is 505 g/mol. The summed E-state index contributed by atoms with van der Waals surface area (Å²) in [4.78, 5) is 12.4. The largest absolute Gasteiger partial charge is 0.357 e. The van der Waals surface area contributed by atoms with E-state index in [0.29, 0.717) is 6.54 Å². The van der Waals surface area contributed by atoms with E-state index in [4.69, 9.17) is 4.99 Å². The first-order valence-corrected chi connectivity index (χ1v) is 11.5. The van der Waals surface area contributed by atoms with E-state index < -0.39 is 0 Å². The number of benzene rings is 1.